The Morgan fingerprint density at radius 3 is 2.00 bits per heavy atom. The molecule has 6 aromatic rings. The Morgan fingerprint density at radius 2 is 1.41 bits per heavy atom. The van der Waals surface area contributed by atoms with Gasteiger partial charge in [-0.1, -0.05) is 133 Å². The molecule has 1 saturated carbocycles. The Labute approximate surface area is 519 Å². The first-order valence-electron chi connectivity index (χ1n) is 30.9. The van der Waals surface area contributed by atoms with E-state index in [1.807, 2.05) is 98.1 Å². The van der Waals surface area contributed by atoms with Crippen molar-refractivity contribution in [2.75, 3.05) is 13.6 Å². The smallest absolute Gasteiger partial charge is 0.407 e. The molecular weight excluding hydrogens is 1140 g/mol. The largest absolute Gasteiger partial charge is 0.444 e. The zero-order valence-electron chi connectivity index (χ0n) is 51.6. The number of benzene rings is 3. The molecular formula is C66H89F2N11O6S2. The first-order valence-corrected chi connectivity index (χ1v) is 32.7. The number of thiazole rings is 2. The van der Waals surface area contributed by atoms with Gasteiger partial charge in [0.05, 0.1) is 45.8 Å². The number of piperidine rings is 1. The van der Waals surface area contributed by atoms with Gasteiger partial charge in [0.25, 0.3) is 0 Å². The molecule has 0 spiro atoms. The standard InChI is InChI=1S/C37H48N6O5S2.C29H41F2N5O/c1-24(2)33(42-36(46)43(5)20-29-22-49-35(40-29)25(3)4)34(45)39-28(16-26-12-8-6-9-13-26)18-32(44)31(17-27-14-10-7-11-15-27)41-37(47)48-21-30-19-38-23-50-30;1-19(2)27-34-33-20(3)36(27)25-17-23-9-10-24(18-25)35(23)16-13-26(21-7-5-4-6-8-21)32-28(37)22-11-14-29(30,31)15-12-22/h6-15,19,22-25,28,31-33,44H,16-18,20-21H2,1-5H3,(H,39,45)(H,41,47)(H,42,46);4-8,19,22-26H,9-18H2,1-3H3,(H,32,37)/t28-,31-,32-,33-;23-,24+,25?,26-/m00/s1. The summed E-state index contributed by atoms with van der Waals surface area (Å²) in [5.41, 5.74) is 5.44. The molecule has 17 nitrogen and oxygen atoms in total. The molecule has 3 aromatic carbocycles. The lowest BCUT2D eigenvalue weighted by Crippen LogP contribution is -2.55. The van der Waals surface area contributed by atoms with Crippen molar-refractivity contribution in [3.63, 3.8) is 0 Å². The van der Waals surface area contributed by atoms with Crippen LogP contribution in [-0.4, -0.2) is 119 Å². The maximum atomic E-state index is 13.9. The lowest BCUT2D eigenvalue weighted by atomic mass is 9.86. The number of urea groups is 1. The summed E-state index contributed by atoms with van der Waals surface area (Å²) < 4.78 is 35.1. The molecule has 0 radical (unpaired) electrons. The van der Waals surface area contributed by atoms with Crippen molar-refractivity contribution in [1.82, 2.24) is 55.8 Å². The van der Waals surface area contributed by atoms with Gasteiger partial charge in [-0.25, -0.2) is 23.4 Å². The average molecular weight is 1230 g/mol. The van der Waals surface area contributed by atoms with Crippen LogP contribution in [0, 0.1) is 18.8 Å². The number of aliphatic hydroxyl groups excluding tert-OH is 1. The second kappa shape index (κ2) is 31.5. The van der Waals surface area contributed by atoms with Gasteiger partial charge in [-0.15, -0.1) is 32.9 Å². The number of aryl methyl sites for hydroxylation is 1. The fourth-order valence-electron chi connectivity index (χ4n) is 12.3. The van der Waals surface area contributed by atoms with Gasteiger partial charge >= 0.3 is 12.1 Å². The number of aliphatic hydroxyl groups is 1. The molecule has 3 aliphatic rings. The van der Waals surface area contributed by atoms with Crippen LogP contribution in [0.2, 0.25) is 0 Å². The van der Waals surface area contributed by atoms with Crippen molar-refractivity contribution >= 4 is 46.6 Å². The molecule has 470 valence electrons. The van der Waals surface area contributed by atoms with Crippen LogP contribution >= 0.6 is 22.7 Å². The third-order valence-corrected chi connectivity index (χ3v) is 19.0. The third kappa shape index (κ3) is 19.2. The molecule has 9 rings (SSSR count). The maximum absolute atomic E-state index is 13.9. The van der Waals surface area contributed by atoms with Gasteiger partial charge in [0.15, 0.2) is 0 Å². The van der Waals surface area contributed by atoms with Gasteiger partial charge < -0.3 is 40.6 Å². The summed E-state index contributed by atoms with van der Waals surface area (Å²) in [6, 6.07) is 28.3. The fraction of sp³-hybridized carbons (Fsp3) is 0.545. The number of amides is 5. The van der Waals surface area contributed by atoms with Crippen molar-refractivity contribution in [2.45, 2.75) is 205 Å². The molecule has 1 unspecified atom stereocenters. The van der Waals surface area contributed by atoms with E-state index < -0.39 is 36.2 Å². The number of carbonyl (C=O) groups excluding carboxylic acids is 4. The molecule has 2 saturated heterocycles. The minimum Gasteiger partial charge on any atom is -0.444 e. The van der Waals surface area contributed by atoms with Crippen molar-refractivity contribution in [3.8, 4) is 0 Å². The molecule has 21 heteroatoms. The minimum atomic E-state index is -2.62. The maximum Gasteiger partial charge on any atom is 0.407 e. The number of nitrogens with zero attached hydrogens (tertiary/aromatic N) is 7. The highest BCUT2D eigenvalue weighted by Gasteiger charge is 2.43. The Balaban J connectivity index is 0.000000235. The number of hydrogen-bond donors (Lipinski definition) is 5. The topological polar surface area (TPSA) is 209 Å². The van der Waals surface area contributed by atoms with Crippen LogP contribution in [0.5, 0.6) is 0 Å². The zero-order valence-corrected chi connectivity index (χ0v) is 53.3. The van der Waals surface area contributed by atoms with E-state index in [1.54, 1.807) is 30.1 Å². The number of fused-ring (bicyclic) bond motifs is 2. The summed E-state index contributed by atoms with van der Waals surface area (Å²) in [5, 5.41) is 35.6. The summed E-state index contributed by atoms with van der Waals surface area (Å²) in [4.78, 5) is 66.7. The monoisotopic (exact) mass is 1230 g/mol. The second-order valence-corrected chi connectivity index (χ2v) is 26.7. The van der Waals surface area contributed by atoms with E-state index in [1.165, 1.54) is 29.1 Å². The fourth-order valence-corrected chi connectivity index (χ4v) is 13.6. The van der Waals surface area contributed by atoms with Crippen molar-refractivity contribution in [3.05, 3.63) is 152 Å². The van der Waals surface area contributed by atoms with Crippen LogP contribution in [0.3, 0.4) is 0 Å². The summed E-state index contributed by atoms with van der Waals surface area (Å²) >= 11 is 2.95. The van der Waals surface area contributed by atoms with E-state index in [-0.39, 0.29) is 74.4 Å². The van der Waals surface area contributed by atoms with Gasteiger partial charge in [0.1, 0.15) is 24.3 Å². The number of alkyl halides is 2. The molecule has 2 aliphatic heterocycles. The predicted molar refractivity (Wildman–Crippen MR) is 336 cm³/mol. The number of carbonyl (C=O) groups is 4. The number of rotatable bonds is 25. The minimum absolute atomic E-state index is 0.0671. The molecule has 3 fully saturated rings. The third-order valence-electron chi connectivity index (χ3n) is 17.0. The van der Waals surface area contributed by atoms with Crippen LogP contribution in [0.4, 0.5) is 18.4 Å². The molecule has 2 bridgehead atoms. The lowest BCUT2D eigenvalue weighted by Gasteiger charge is -2.40. The number of alkyl carbamates (subject to hydrolysis) is 1. The Bertz CT molecular complexity index is 3070. The van der Waals surface area contributed by atoms with Crippen molar-refractivity contribution in [2.24, 2.45) is 11.8 Å². The highest BCUT2D eigenvalue weighted by Crippen LogP contribution is 2.43. The van der Waals surface area contributed by atoms with E-state index in [0.717, 1.165) is 69.7 Å². The van der Waals surface area contributed by atoms with Crippen LogP contribution < -0.4 is 21.3 Å². The number of hydrogen-bond acceptors (Lipinski definition) is 13. The molecule has 5 N–H and O–H groups in total. The first-order chi connectivity index (χ1) is 41.7. The van der Waals surface area contributed by atoms with Crippen LogP contribution in [0.1, 0.15) is 174 Å². The molecule has 1 aliphatic carbocycles. The SMILES string of the molecule is CC(C)c1nc(CN(C)C(=O)N[C@H](C(=O)N[C@@H](Cc2ccccc2)C[C@H](O)[C@H](Cc2ccccc2)NC(=O)OCc2cncs2)C(C)C)cs1.Cc1nnc(C(C)C)n1C1C[C@H]2CC[C@@H](C1)N2CC[C@H](NC(=O)C1CCC(F)(F)CC1)c1ccccc1. The van der Waals surface area contributed by atoms with Gasteiger partial charge in [-0.2, -0.15) is 0 Å². The summed E-state index contributed by atoms with van der Waals surface area (Å²) in [7, 11) is 1.68. The van der Waals surface area contributed by atoms with E-state index in [9.17, 15) is 33.1 Å². The molecule has 5 heterocycles. The number of aromatic nitrogens is 5. The van der Waals surface area contributed by atoms with E-state index in [0.29, 0.717) is 49.3 Å². The normalized spacial score (nSPS) is 19.3. The van der Waals surface area contributed by atoms with E-state index in [4.69, 9.17) is 4.74 Å². The average Bonchev–Trinajstić information content (AvgIpc) is 2.89. The Kier molecular flexibility index (Phi) is 24.0. The molecule has 5 amide bonds. The number of nitrogens with one attached hydrogen (secondary N) is 4. The summed E-state index contributed by atoms with van der Waals surface area (Å²) in [5.74, 6) is -0.849. The van der Waals surface area contributed by atoms with E-state index in [2.05, 4.69) is 97.7 Å². The van der Waals surface area contributed by atoms with Crippen LogP contribution in [-0.2, 0) is 40.3 Å². The van der Waals surface area contributed by atoms with E-state index >= 15 is 0 Å². The van der Waals surface area contributed by atoms with Crippen LogP contribution in [0.15, 0.2) is 108 Å². The highest BCUT2D eigenvalue weighted by molar-refractivity contribution is 7.09. The Morgan fingerprint density at radius 1 is 0.782 bits per heavy atom. The molecule has 87 heavy (non-hydrogen) atoms. The lowest BCUT2D eigenvalue weighted by molar-refractivity contribution is -0.130. The second-order valence-electron chi connectivity index (χ2n) is 24.8. The van der Waals surface area contributed by atoms with Crippen molar-refractivity contribution < 1.29 is 37.8 Å². The van der Waals surface area contributed by atoms with Gasteiger partial charge in [-0.05, 0) is 93.7 Å². The van der Waals surface area contributed by atoms with Gasteiger partial charge in [0.2, 0.25) is 17.7 Å². The highest BCUT2D eigenvalue weighted by atomic mass is 32.1. The van der Waals surface area contributed by atoms with Gasteiger partial charge in [-0.3, -0.25) is 19.5 Å². The number of ether oxygens (including phenoxy) is 1. The summed E-state index contributed by atoms with van der Waals surface area (Å²) in [6.45, 7) is 15.6. The molecule has 3 aromatic heterocycles. The predicted octanol–water partition coefficient (Wildman–Crippen LogP) is 11.9. The quantitative estimate of drug-likeness (QED) is 0.0364. The first kappa shape index (κ1) is 66.3. The Hall–Kier alpha value is -6.68. The van der Waals surface area contributed by atoms with Crippen molar-refractivity contribution in [1.29, 1.82) is 0 Å². The van der Waals surface area contributed by atoms with Crippen LogP contribution in [0.25, 0.3) is 0 Å². The van der Waals surface area contributed by atoms with Gasteiger partial charge in [0, 0.05) is 79.9 Å². The summed E-state index contributed by atoms with van der Waals surface area (Å²) in [6.07, 6.45) is 6.42. The molecule has 8 atom stereocenters. The number of halogens is 2. The zero-order chi connectivity index (χ0) is 62.2.